The molecule has 2 aromatic carbocycles. The van der Waals surface area contributed by atoms with E-state index in [4.69, 9.17) is 13.9 Å². The molecule has 1 saturated heterocycles. The normalized spacial score (nSPS) is 14.3. The number of rotatable bonds is 6. The van der Waals surface area contributed by atoms with Crippen molar-refractivity contribution in [2.45, 2.75) is 13.0 Å². The number of methoxy groups -OCH3 is 1. The lowest BCUT2D eigenvalue weighted by Gasteiger charge is -2.23. The fraction of sp³-hybridized carbons (Fsp3) is 0.292. The molecule has 0 aliphatic carbocycles. The van der Waals surface area contributed by atoms with Gasteiger partial charge in [-0.2, -0.15) is 0 Å². The predicted octanol–water partition coefficient (Wildman–Crippen LogP) is 4.98. The maximum atomic E-state index is 13.0. The highest BCUT2D eigenvalue weighted by molar-refractivity contribution is 9.10. The molecule has 1 fully saturated rings. The van der Waals surface area contributed by atoms with Crippen molar-refractivity contribution in [2.75, 3.05) is 38.2 Å². The maximum Gasteiger partial charge on any atom is 0.289 e. The molecule has 1 amide bonds. The van der Waals surface area contributed by atoms with Crippen LogP contribution in [0.3, 0.4) is 0 Å². The smallest absolute Gasteiger partial charge is 0.289 e. The zero-order valence-electron chi connectivity index (χ0n) is 17.4. The molecule has 1 aromatic heterocycles. The number of hydrogen-bond donors (Lipinski definition) is 0. The Morgan fingerprint density at radius 3 is 2.42 bits per heavy atom. The summed E-state index contributed by atoms with van der Waals surface area (Å²) in [5.74, 6) is 2.49. The van der Waals surface area contributed by atoms with Crippen LogP contribution in [0.5, 0.6) is 11.5 Å². The quantitative estimate of drug-likeness (QED) is 0.493. The summed E-state index contributed by atoms with van der Waals surface area (Å²) in [7, 11) is 1.66. The molecule has 2 heterocycles. The number of halogens is 1. The van der Waals surface area contributed by atoms with Crippen molar-refractivity contribution in [2.24, 2.45) is 0 Å². The molecule has 0 radical (unpaired) electrons. The number of ether oxygens (including phenoxy) is 2. The summed E-state index contributed by atoms with van der Waals surface area (Å²) in [5, 5.41) is 0. The number of anilines is 1. The van der Waals surface area contributed by atoms with E-state index in [2.05, 4.69) is 33.0 Å². The fourth-order valence-corrected chi connectivity index (χ4v) is 3.85. The molecule has 0 N–H and O–H groups in total. The van der Waals surface area contributed by atoms with Crippen molar-refractivity contribution >= 4 is 27.5 Å². The summed E-state index contributed by atoms with van der Waals surface area (Å²) in [6.07, 6.45) is 0.901. The number of nitrogens with zero attached hydrogens (tertiary/aromatic N) is 2. The van der Waals surface area contributed by atoms with Gasteiger partial charge in [-0.1, -0.05) is 15.9 Å². The SMILES string of the molecule is COc1ccc(N2CCCN(C(=O)c3ccc(COc4ccc(Br)cc4)o3)CC2)cc1. The van der Waals surface area contributed by atoms with E-state index in [1.807, 2.05) is 41.3 Å². The summed E-state index contributed by atoms with van der Waals surface area (Å²) < 4.78 is 17.7. The Hall–Kier alpha value is -2.93. The van der Waals surface area contributed by atoms with Gasteiger partial charge < -0.3 is 23.7 Å². The van der Waals surface area contributed by atoms with Gasteiger partial charge in [0.25, 0.3) is 5.91 Å². The topological polar surface area (TPSA) is 55.2 Å². The number of carbonyl (C=O) groups is 1. The third kappa shape index (κ3) is 5.41. The zero-order chi connectivity index (χ0) is 21.6. The summed E-state index contributed by atoms with van der Waals surface area (Å²) in [4.78, 5) is 17.1. The van der Waals surface area contributed by atoms with Crippen LogP contribution in [0.1, 0.15) is 22.7 Å². The van der Waals surface area contributed by atoms with E-state index in [0.717, 1.165) is 41.2 Å². The van der Waals surface area contributed by atoms with Gasteiger partial charge in [0.05, 0.1) is 7.11 Å². The Morgan fingerprint density at radius 1 is 0.935 bits per heavy atom. The van der Waals surface area contributed by atoms with E-state index in [0.29, 0.717) is 24.6 Å². The van der Waals surface area contributed by atoms with Crippen LogP contribution >= 0.6 is 15.9 Å². The van der Waals surface area contributed by atoms with Gasteiger partial charge in [-0.25, -0.2) is 0 Å². The van der Waals surface area contributed by atoms with Crippen molar-refractivity contribution in [3.63, 3.8) is 0 Å². The maximum absolute atomic E-state index is 13.0. The fourth-order valence-electron chi connectivity index (χ4n) is 3.58. The summed E-state index contributed by atoms with van der Waals surface area (Å²) in [6, 6.07) is 19.2. The number of benzene rings is 2. The summed E-state index contributed by atoms with van der Waals surface area (Å²) >= 11 is 3.40. The minimum Gasteiger partial charge on any atom is -0.497 e. The second kappa shape index (κ2) is 9.92. The summed E-state index contributed by atoms with van der Waals surface area (Å²) in [5.41, 5.74) is 1.14. The Morgan fingerprint density at radius 2 is 1.68 bits per heavy atom. The average Bonchev–Trinajstić information content (AvgIpc) is 3.14. The lowest BCUT2D eigenvalue weighted by molar-refractivity contribution is 0.0731. The number of carbonyl (C=O) groups excluding carboxylic acids is 1. The zero-order valence-corrected chi connectivity index (χ0v) is 19.0. The summed E-state index contributed by atoms with van der Waals surface area (Å²) in [6.45, 7) is 3.31. The molecule has 6 nitrogen and oxygen atoms in total. The molecule has 0 saturated carbocycles. The van der Waals surface area contributed by atoms with E-state index >= 15 is 0 Å². The van der Waals surface area contributed by atoms with Gasteiger partial charge in [0.1, 0.15) is 23.9 Å². The minimum atomic E-state index is -0.0773. The van der Waals surface area contributed by atoms with Gasteiger partial charge in [-0.05, 0) is 67.1 Å². The first-order valence-corrected chi connectivity index (χ1v) is 11.1. The second-order valence-corrected chi connectivity index (χ2v) is 8.26. The molecular weight excluding hydrogens is 460 g/mol. The highest BCUT2D eigenvalue weighted by atomic mass is 79.9. The van der Waals surface area contributed by atoms with Crippen molar-refractivity contribution < 1.29 is 18.7 Å². The van der Waals surface area contributed by atoms with Crippen LogP contribution in [0.15, 0.2) is 69.6 Å². The van der Waals surface area contributed by atoms with Crippen LogP contribution in [0.25, 0.3) is 0 Å². The average molecular weight is 485 g/mol. The van der Waals surface area contributed by atoms with E-state index in [-0.39, 0.29) is 12.5 Å². The van der Waals surface area contributed by atoms with E-state index in [1.165, 1.54) is 0 Å². The molecule has 162 valence electrons. The van der Waals surface area contributed by atoms with Crippen LogP contribution in [0, 0.1) is 0 Å². The lowest BCUT2D eigenvalue weighted by Crippen LogP contribution is -2.35. The van der Waals surface area contributed by atoms with Crippen LogP contribution in [0.2, 0.25) is 0 Å². The first kappa shape index (κ1) is 21.3. The Bertz CT molecular complexity index is 1000. The van der Waals surface area contributed by atoms with Gasteiger partial charge in [-0.3, -0.25) is 4.79 Å². The second-order valence-electron chi connectivity index (χ2n) is 7.34. The Balaban J connectivity index is 1.33. The van der Waals surface area contributed by atoms with Gasteiger partial charge in [0.2, 0.25) is 0 Å². The van der Waals surface area contributed by atoms with Crippen molar-refractivity contribution in [1.82, 2.24) is 4.90 Å². The van der Waals surface area contributed by atoms with Gasteiger partial charge in [-0.15, -0.1) is 0 Å². The molecule has 0 atom stereocenters. The first-order chi connectivity index (χ1) is 15.1. The monoisotopic (exact) mass is 484 g/mol. The Kier molecular flexibility index (Phi) is 6.82. The third-order valence-electron chi connectivity index (χ3n) is 5.29. The molecule has 7 heteroatoms. The number of furan rings is 1. The molecule has 0 unspecified atom stereocenters. The van der Waals surface area contributed by atoms with E-state index in [9.17, 15) is 4.79 Å². The van der Waals surface area contributed by atoms with Crippen LogP contribution in [-0.2, 0) is 6.61 Å². The molecule has 1 aliphatic heterocycles. The number of amides is 1. The van der Waals surface area contributed by atoms with Crippen LogP contribution in [0.4, 0.5) is 5.69 Å². The van der Waals surface area contributed by atoms with Gasteiger partial charge in [0.15, 0.2) is 5.76 Å². The third-order valence-corrected chi connectivity index (χ3v) is 5.82. The molecule has 31 heavy (non-hydrogen) atoms. The standard InChI is InChI=1S/C24H25BrN2O4/c1-29-20-9-5-19(6-10-20)26-13-2-14-27(16-15-26)24(28)23-12-11-22(31-23)17-30-21-7-3-18(25)4-8-21/h3-12H,2,13-17H2,1H3. The predicted molar refractivity (Wildman–Crippen MR) is 123 cm³/mol. The molecule has 3 aromatic rings. The van der Waals surface area contributed by atoms with Crippen molar-refractivity contribution in [1.29, 1.82) is 0 Å². The Labute approximate surface area is 190 Å². The first-order valence-electron chi connectivity index (χ1n) is 10.3. The molecule has 0 bridgehead atoms. The van der Waals surface area contributed by atoms with Crippen LogP contribution < -0.4 is 14.4 Å². The highest BCUT2D eigenvalue weighted by Gasteiger charge is 2.23. The van der Waals surface area contributed by atoms with E-state index in [1.54, 1.807) is 19.2 Å². The van der Waals surface area contributed by atoms with Crippen molar-refractivity contribution in [3.8, 4) is 11.5 Å². The highest BCUT2D eigenvalue weighted by Crippen LogP contribution is 2.22. The number of hydrogen-bond acceptors (Lipinski definition) is 5. The lowest BCUT2D eigenvalue weighted by atomic mass is 10.2. The molecular formula is C24H25BrN2O4. The van der Waals surface area contributed by atoms with E-state index < -0.39 is 0 Å². The molecule has 0 spiro atoms. The minimum absolute atomic E-state index is 0.0773. The van der Waals surface area contributed by atoms with Gasteiger partial charge >= 0.3 is 0 Å². The molecule has 1 aliphatic rings. The molecule has 4 rings (SSSR count). The largest absolute Gasteiger partial charge is 0.497 e. The van der Waals surface area contributed by atoms with Gasteiger partial charge in [0, 0.05) is 36.3 Å². The van der Waals surface area contributed by atoms with Crippen molar-refractivity contribution in [3.05, 3.63) is 76.7 Å². The van der Waals surface area contributed by atoms with Crippen LogP contribution in [-0.4, -0.2) is 44.1 Å².